The first-order valence-corrected chi connectivity index (χ1v) is 9.59. The first-order valence-electron chi connectivity index (χ1n) is 9.59. The van der Waals surface area contributed by atoms with E-state index in [9.17, 15) is 4.79 Å². The second-order valence-electron chi connectivity index (χ2n) is 7.23. The first kappa shape index (κ1) is 19.8. The molecule has 0 unspecified atom stereocenters. The number of ether oxygens (including phenoxy) is 1. The minimum absolute atomic E-state index is 0.0403. The van der Waals surface area contributed by atoms with Gasteiger partial charge >= 0.3 is 5.97 Å². The predicted octanol–water partition coefficient (Wildman–Crippen LogP) is 5.05. The van der Waals surface area contributed by atoms with Gasteiger partial charge < -0.3 is 9.64 Å². The van der Waals surface area contributed by atoms with E-state index in [4.69, 9.17) is 4.74 Å². The lowest BCUT2D eigenvalue weighted by atomic mass is 9.91. The van der Waals surface area contributed by atoms with Gasteiger partial charge in [0.1, 0.15) is 12.0 Å². The SMILES string of the molecule is C[C@@H]([C@H](OC(=O)C(c1ccccc1)c1ccccc1)c1ccccc1)N(C)C. The number of hydrogen-bond donors (Lipinski definition) is 0. The van der Waals surface area contributed by atoms with Gasteiger partial charge in [-0.1, -0.05) is 91.0 Å². The number of rotatable bonds is 7. The highest BCUT2D eigenvalue weighted by molar-refractivity contribution is 5.82. The van der Waals surface area contributed by atoms with Crippen LogP contribution >= 0.6 is 0 Å². The van der Waals surface area contributed by atoms with Crippen molar-refractivity contribution in [1.29, 1.82) is 0 Å². The summed E-state index contributed by atoms with van der Waals surface area (Å²) in [7, 11) is 4.00. The topological polar surface area (TPSA) is 29.5 Å². The van der Waals surface area contributed by atoms with Crippen LogP contribution in [0.1, 0.15) is 35.6 Å². The van der Waals surface area contributed by atoms with Crippen molar-refractivity contribution < 1.29 is 9.53 Å². The summed E-state index contributed by atoms with van der Waals surface area (Å²) in [4.78, 5) is 15.5. The van der Waals surface area contributed by atoms with Crippen molar-refractivity contribution in [1.82, 2.24) is 4.90 Å². The van der Waals surface area contributed by atoms with Crippen molar-refractivity contribution in [3.05, 3.63) is 108 Å². The number of carbonyl (C=O) groups is 1. The lowest BCUT2D eigenvalue weighted by Crippen LogP contribution is -2.35. The zero-order chi connectivity index (χ0) is 19.9. The van der Waals surface area contributed by atoms with Crippen LogP contribution in [0.5, 0.6) is 0 Å². The van der Waals surface area contributed by atoms with Crippen molar-refractivity contribution in [3.63, 3.8) is 0 Å². The molecular formula is C25H27NO2. The van der Waals surface area contributed by atoms with Crippen LogP contribution in [-0.2, 0) is 9.53 Å². The van der Waals surface area contributed by atoms with Gasteiger partial charge in [0, 0.05) is 6.04 Å². The smallest absolute Gasteiger partial charge is 0.318 e. The maximum absolute atomic E-state index is 13.4. The highest BCUT2D eigenvalue weighted by atomic mass is 16.5. The molecule has 0 bridgehead atoms. The fourth-order valence-corrected chi connectivity index (χ4v) is 3.31. The van der Waals surface area contributed by atoms with Crippen LogP contribution in [0.25, 0.3) is 0 Å². The van der Waals surface area contributed by atoms with Crippen LogP contribution in [0.2, 0.25) is 0 Å². The second-order valence-corrected chi connectivity index (χ2v) is 7.23. The van der Waals surface area contributed by atoms with Crippen LogP contribution in [0.4, 0.5) is 0 Å². The average Bonchev–Trinajstić information content (AvgIpc) is 2.74. The molecule has 0 amide bonds. The molecule has 0 aliphatic rings. The first-order chi connectivity index (χ1) is 13.6. The van der Waals surface area contributed by atoms with Gasteiger partial charge in [0.15, 0.2) is 0 Å². The standard InChI is InChI=1S/C25H27NO2/c1-19(26(2)3)24(22-17-11-6-12-18-22)28-25(27)23(20-13-7-4-8-14-20)21-15-9-5-10-16-21/h4-19,23-24H,1-3H3/t19-,24-/m0/s1. The fraction of sp³-hybridized carbons (Fsp3) is 0.240. The molecule has 0 saturated carbocycles. The quantitative estimate of drug-likeness (QED) is 0.543. The molecule has 3 aromatic carbocycles. The molecule has 3 rings (SSSR count). The van der Waals surface area contributed by atoms with E-state index >= 15 is 0 Å². The Morgan fingerprint density at radius 2 is 1.11 bits per heavy atom. The largest absolute Gasteiger partial charge is 0.455 e. The summed E-state index contributed by atoms with van der Waals surface area (Å²) in [6, 6.07) is 29.6. The molecule has 3 aromatic rings. The molecular weight excluding hydrogens is 346 g/mol. The van der Waals surface area contributed by atoms with Gasteiger partial charge in [0.05, 0.1) is 0 Å². The summed E-state index contributed by atoms with van der Waals surface area (Å²) in [5, 5.41) is 0. The molecule has 0 N–H and O–H groups in total. The van der Waals surface area contributed by atoms with Gasteiger partial charge in [-0.2, -0.15) is 0 Å². The van der Waals surface area contributed by atoms with E-state index in [0.717, 1.165) is 16.7 Å². The Balaban J connectivity index is 1.95. The van der Waals surface area contributed by atoms with Crippen molar-refractivity contribution >= 4 is 5.97 Å². The highest BCUT2D eigenvalue weighted by Crippen LogP contribution is 2.31. The summed E-state index contributed by atoms with van der Waals surface area (Å²) in [5.74, 6) is -0.692. The zero-order valence-electron chi connectivity index (χ0n) is 16.7. The summed E-state index contributed by atoms with van der Waals surface area (Å²) in [6.07, 6.45) is -0.348. The number of esters is 1. The monoisotopic (exact) mass is 373 g/mol. The third-order valence-electron chi connectivity index (χ3n) is 5.13. The average molecular weight is 373 g/mol. The third-order valence-corrected chi connectivity index (χ3v) is 5.13. The predicted molar refractivity (Wildman–Crippen MR) is 113 cm³/mol. The molecule has 144 valence electrons. The molecule has 28 heavy (non-hydrogen) atoms. The molecule has 0 aromatic heterocycles. The van der Waals surface area contributed by atoms with E-state index in [1.807, 2.05) is 105 Å². The molecule has 3 heteroatoms. The maximum Gasteiger partial charge on any atom is 0.318 e. The van der Waals surface area contributed by atoms with Gasteiger partial charge in [-0.05, 0) is 37.7 Å². The molecule has 0 saturated heterocycles. The Kier molecular flexibility index (Phi) is 6.62. The lowest BCUT2D eigenvalue weighted by Gasteiger charge is -2.31. The number of carbonyl (C=O) groups excluding carboxylic acids is 1. The number of nitrogens with zero attached hydrogens (tertiary/aromatic N) is 1. The molecule has 0 spiro atoms. The summed E-state index contributed by atoms with van der Waals surface area (Å²) in [5.41, 5.74) is 2.86. The molecule has 0 aliphatic heterocycles. The van der Waals surface area contributed by atoms with E-state index in [0.29, 0.717) is 0 Å². The molecule has 2 atom stereocenters. The molecule has 0 fully saturated rings. The minimum Gasteiger partial charge on any atom is -0.455 e. The number of hydrogen-bond acceptors (Lipinski definition) is 3. The van der Waals surface area contributed by atoms with Crippen molar-refractivity contribution in [3.8, 4) is 0 Å². The van der Waals surface area contributed by atoms with Crippen LogP contribution in [0.15, 0.2) is 91.0 Å². The molecule has 0 heterocycles. The number of likely N-dealkylation sites (N-methyl/N-ethyl adjacent to an activating group) is 1. The van der Waals surface area contributed by atoms with Crippen LogP contribution in [0.3, 0.4) is 0 Å². The Hall–Kier alpha value is -2.91. The van der Waals surface area contributed by atoms with E-state index in [1.165, 1.54) is 0 Å². The van der Waals surface area contributed by atoms with Crippen molar-refractivity contribution in [2.24, 2.45) is 0 Å². The lowest BCUT2D eigenvalue weighted by molar-refractivity contribution is -0.153. The Morgan fingerprint density at radius 1 is 0.714 bits per heavy atom. The van der Waals surface area contributed by atoms with Gasteiger partial charge in [-0.15, -0.1) is 0 Å². The van der Waals surface area contributed by atoms with Crippen LogP contribution < -0.4 is 0 Å². The Morgan fingerprint density at radius 3 is 1.50 bits per heavy atom. The summed E-state index contributed by atoms with van der Waals surface area (Å²) < 4.78 is 6.15. The zero-order valence-corrected chi connectivity index (χ0v) is 16.7. The van der Waals surface area contributed by atoms with E-state index in [2.05, 4.69) is 11.8 Å². The summed E-state index contributed by atoms with van der Waals surface area (Å²) in [6.45, 7) is 2.07. The molecule has 3 nitrogen and oxygen atoms in total. The minimum atomic E-state index is -0.456. The van der Waals surface area contributed by atoms with Crippen molar-refractivity contribution in [2.45, 2.75) is 25.0 Å². The highest BCUT2D eigenvalue weighted by Gasteiger charge is 2.30. The van der Waals surface area contributed by atoms with Gasteiger partial charge in [0.25, 0.3) is 0 Å². The normalized spacial score (nSPS) is 13.3. The van der Waals surface area contributed by atoms with Crippen molar-refractivity contribution in [2.75, 3.05) is 14.1 Å². The van der Waals surface area contributed by atoms with E-state index < -0.39 is 5.92 Å². The van der Waals surface area contributed by atoms with E-state index in [-0.39, 0.29) is 18.1 Å². The fourth-order valence-electron chi connectivity index (χ4n) is 3.31. The summed E-state index contributed by atoms with van der Waals surface area (Å²) >= 11 is 0. The molecule has 0 aliphatic carbocycles. The van der Waals surface area contributed by atoms with Crippen LogP contribution in [-0.4, -0.2) is 31.0 Å². The van der Waals surface area contributed by atoms with Crippen LogP contribution in [0, 0.1) is 0 Å². The Labute approximate surface area is 167 Å². The Bertz CT molecular complexity index is 823. The van der Waals surface area contributed by atoms with E-state index in [1.54, 1.807) is 0 Å². The molecule has 0 radical (unpaired) electrons. The van der Waals surface area contributed by atoms with Gasteiger partial charge in [-0.25, -0.2) is 0 Å². The maximum atomic E-state index is 13.4. The van der Waals surface area contributed by atoms with Gasteiger partial charge in [-0.3, -0.25) is 4.79 Å². The second kappa shape index (κ2) is 9.34. The van der Waals surface area contributed by atoms with Gasteiger partial charge in [0.2, 0.25) is 0 Å². The number of benzene rings is 3. The third kappa shape index (κ3) is 4.68.